The quantitative estimate of drug-likeness (QED) is 0.774. The van der Waals surface area contributed by atoms with Gasteiger partial charge in [0.2, 0.25) is 0 Å². The summed E-state index contributed by atoms with van der Waals surface area (Å²) in [7, 11) is 0. The number of rotatable bonds is 6. The van der Waals surface area contributed by atoms with Crippen LogP contribution in [0.5, 0.6) is 0 Å². The first-order chi connectivity index (χ1) is 8.90. The van der Waals surface area contributed by atoms with E-state index in [1.54, 1.807) is 0 Å². The minimum absolute atomic E-state index is 0.0529. The zero-order valence-electron chi connectivity index (χ0n) is 11.6. The average Bonchev–Trinajstić information content (AvgIpc) is 2.34. The lowest BCUT2D eigenvalue weighted by Gasteiger charge is -2.16. The minimum Gasteiger partial charge on any atom is -0.481 e. The molecule has 0 saturated heterocycles. The van der Waals surface area contributed by atoms with Gasteiger partial charge in [0.05, 0.1) is 0 Å². The van der Waals surface area contributed by atoms with E-state index in [1.165, 1.54) is 0 Å². The summed E-state index contributed by atoms with van der Waals surface area (Å²) in [4.78, 5) is 22.1. The lowest BCUT2D eigenvalue weighted by Crippen LogP contribution is -2.26. The van der Waals surface area contributed by atoms with Gasteiger partial charge in [-0.3, -0.25) is 9.59 Å². The zero-order chi connectivity index (χ0) is 14.6. The van der Waals surface area contributed by atoms with Crippen LogP contribution < -0.4 is 0 Å². The Kier molecular flexibility index (Phi) is 5.10. The van der Waals surface area contributed by atoms with Crippen LogP contribution in [-0.2, 0) is 28.9 Å². The van der Waals surface area contributed by atoms with Crippen LogP contribution in [0.1, 0.15) is 36.1 Å². The molecule has 0 radical (unpaired) electrons. The smallest absolute Gasteiger partial charge is 0.318 e. The van der Waals surface area contributed by atoms with Gasteiger partial charge in [-0.25, -0.2) is 0 Å². The molecule has 1 aromatic rings. The van der Waals surface area contributed by atoms with Crippen LogP contribution in [0.3, 0.4) is 0 Å². The first kappa shape index (κ1) is 15.2. The summed E-state index contributed by atoms with van der Waals surface area (Å²) in [6.07, 6.45) is 1.60. The molecule has 0 atom stereocenters. The number of benzene rings is 1. The molecule has 19 heavy (non-hydrogen) atoms. The van der Waals surface area contributed by atoms with E-state index in [4.69, 9.17) is 10.2 Å². The topological polar surface area (TPSA) is 74.6 Å². The van der Waals surface area contributed by atoms with E-state index in [9.17, 15) is 9.59 Å². The summed E-state index contributed by atoms with van der Waals surface area (Å²) in [6.45, 7) is 5.98. The molecule has 0 aliphatic heterocycles. The molecule has 4 nitrogen and oxygen atoms in total. The van der Waals surface area contributed by atoms with Crippen LogP contribution in [0.4, 0.5) is 0 Å². The van der Waals surface area contributed by atoms with Crippen LogP contribution >= 0.6 is 0 Å². The first-order valence-electron chi connectivity index (χ1n) is 6.47. The van der Waals surface area contributed by atoms with E-state index in [1.807, 2.05) is 32.9 Å². The molecule has 104 valence electrons. The van der Waals surface area contributed by atoms with Crippen molar-refractivity contribution in [2.24, 2.45) is 5.92 Å². The number of hydrogen-bond donors (Lipinski definition) is 2. The maximum Gasteiger partial charge on any atom is 0.318 e. The van der Waals surface area contributed by atoms with Crippen molar-refractivity contribution in [3.8, 4) is 0 Å². The second kappa shape index (κ2) is 6.36. The highest BCUT2D eigenvalue weighted by molar-refractivity contribution is 5.93. The monoisotopic (exact) mass is 264 g/mol. The van der Waals surface area contributed by atoms with E-state index in [2.05, 4.69) is 0 Å². The van der Waals surface area contributed by atoms with Crippen molar-refractivity contribution in [1.82, 2.24) is 0 Å². The molecular formula is C15H20O4. The van der Waals surface area contributed by atoms with Crippen molar-refractivity contribution in [2.45, 2.75) is 40.0 Å². The lowest BCUT2D eigenvalue weighted by molar-refractivity contribution is -0.154. The first-order valence-corrected chi connectivity index (χ1v) is 6.47. The Bertz CT molecular complexity index is 452. The largest absolute Gasteiger partial charge is 0.481 e. The van der Waals surface area contributed by atoms with E-state index < -0.39 is 17.9 Å². The fourth-order valence-electron chi connectivity index (χ4n) is 2.35. The van der Waals surface area contributed by atoms with Crippen molar-refractivity contribution in [3.05, 3.63) is 34.4 Å². The van der Waals surface area contributed by atoms with Gasteiger partial charge in [-0.15, -0.1) is 0 Å². The average molecular weight is 264 g/mol. The molecular weight excluding hydrogens is 244 g/mol. The molecule has 0 spiro atoms. The fourth-order valence-corrected chi connectivity index (χ4v) is 2.35. The van der Waals surface area contributed by atoms with E-state index in [0.29, 0.717) is 0 Å². The number of carbonyl (C=O) groups is 2. The summed E-state index contributed by atoms with van der Waals surface area (Å²) in [5.41, 5.74) is 4.10. The highest BCUT2D eigenvalue weighted by Crippen LogP contribution is 2.23. The van der Waals surface area contributed by atoms with Crippen molar-refractivity contribution in [2.75, 3.05) is 0 Å². The van der Waals surface area contributed by atoms with Gasteiger partial charge in [0.25, 0.3) is 0 Å². The highest BCUT2D eigenvalue weighted by Gasteiger charge is 2.27. The molecule has 0 heterocycles. The van der Waals surface area contributed by atoms with E-state index in [0.717, 1.165) is 35.1 Å². The molecule has 4 heteroatoms. The Labute approximate surface area is 113 Å². The Hall–Kier alpha value is -1.84. The van der Waals surface area contributed by atoms with Crippen LogP contribution in [0.2, 0.25) is 0 Å². The van der Waals surface area contributed by atoms with Gasteiger partial charge in [0.1, 0.15) is 0 Å². The standard InChI is InChI=1S/C15H20O4/c1-4-10-6-9(3)7-11(5-2)12(10)8-13(14(16)17)15(18)19/h6-7,13H,4-5,8H2,1-3H3,(H,16,17)(H,18,19). The molecule has 0 aromatic heterocycles. The van der Waals surface area contributed by atoms with Gasteiger partial charge in [-0.1, -0.05) is 31.5 Å². The normalized spacial score (nSPS) is 10.7. The van der Waals surface area contributed by atoms with Crippen molar-refractivity contribution >= 4 is 11.9 Å². The third kappa shape index (κ3) is 3.56. The molecule has 1 aromatic carbocycles. The number of carboxylic acids is 2. The van der Waals surface area contributed by atoms with E-state index in [-0.39, 0.29) is 6.42 Å². The minimum atomic E-state index is -1.38. The predicted molar refractivity (Wildman–Crippen MR) is 72.4 cm³/mol. The molecule has 0 fully saturated rings. The summed E-state index contributed by atoms with van der Waals surface area (Å²) in [6, 6.07) is 4.02. The third-order valence-corrected chi connectivity index (χ3v) is 3.35. The maximum atomic E-state index is 11.0. The molecule has 0 aliphatic carbocycles. The SMILES string of the molecule is CCc1cc(C)cc(CC)c1CC(C(=O)O)C(=O)O. The Morgan fingerprint density at radius 2 is 1.47 bits per heavy atom. The number of aryl methyl sites for hydroxylation is 3. The van der Waals surface area contributed by atoms with Gasteiger partial charge in [0, 0.05) is 0 Å². The number of aliphatic carboxylic acids is 2. The lowest BCUT2D eigenvalue weighted by atomic mass is 9.88. The van der Waals surface area contributed by atoms with Gasteiger partial charge in [-0.2, -0.15) is 0 Å². The molecule has 0 bridgehead atoms. The Balaban J connectivity index is 3.24. The molecule has 0 unspecified atom stereocenters. The third-order valence-electron chi connectivity index (χ3n) is 3.35. The van der Waals surface area contributed by atoms with Crippen LogP contribution in [0.25, 0.3) is 0 Å². The van der Waals surface area contributed by atoms with Crippen molar-refractivity contribution in [3.63, 3.8) is 0 Å². The van der Waals surface area contributed by atoms with Crippen LogP contribution in [0, 0.1) is 12.8 Å². The molecule has 1 rings (SSSR count). The van der Waals surface area contributed by atoms with Crippen molar-refractivity contribution < 1.29 is 19.8 Å². The summed E-state index contributed by atoms with van der Waals surface area (Å²) < 4.78 is 0. The molecule has 0 saturated carbocycles. The Morgan fingerprint density at radius 1 is 1.05 bits per heavy atom. The molecule has 0 amide bonds. The zero-order valence-corrected chi connectivity index (χ0v) is 11.6. The van der Waals surface area contributed by atoms with Gasteiger partial charge >= 0.3 is 11.9 Å². The summed E-state index contributed by atoms with van der Waals surface area (Å²) in [5, 5.41) is 18.0. The second-order valence-electron chi connectivity index (χ2n) is 4.70. The summed E-state index contributed by atoms with van der Waals surface area (Å²) in [5.74, 6) is -3.94. The van der Waals surface area contributed by atoms with Crippen LogP contribution in [-0.4, -0.2) is 22.2 Å². The second-order valence-corrected chi connectivity index (χ2v) is 4.70. The maximum absolute atomic E-state index is 11.0. The van der Waals surface area contributed by atoms with E-state index >= 15 is 0 Å². The van der Waals surface area contributed by atoms with Gasteiger partial charge in [-0.05, 0) is 42.9 Å². The van der Waals surface area contributed by atoms with Gasteiger partial charge < -0.3 is 10.2 Å². The van der Waals surface area contributed by atoms with Crippen LogP contribution in [0.15, 0.2) is 12.1 Å². The fraction of sp³-hybridized carbons (Fsp3) is 0.467. The van der Waals surface area contributed by atoms with Gasteiger partial charge in [0.15, 0.2) is 5.92 Å². The Morgan fingerprint density at radius 3 is 1.79 bits per heavy atom. The van der Waals surface area contributed by atoms with Crippen molar-refractivity contribution in [1.29, 1.82) is 0 Å². The molecule has 2 N–H and O–H groups in total. The number of carboxylic acid groups (broad SMARTS) is 2. The predicted octanol–water partition coefficient (Wildman–Crippen LogP) is 2.45. The summed E-state index contributed by atoms with van der Waals surface area (Å²) >= 11 is 0. The molecule has 0 aliphatic rings. The number of hydrogen-bond acceptors (Lipinski definition) is 2. The highest BCUT2D eigenvalue weighted by atomic mass is 16.4.